The fourth-order valence-corrected chi connectivity index (χ4v) is 2.69. The van der Waals surface area contributed by atoms with Gasteiger partial charge in [-0.1, -0.05) is 0 Å². The summed E-state index contributed by atoms with van der Waals surface area (Å²) in [4.78, 5) is 10.5. The van der Waals surface area contributed by atoms with Crippen molar-refractivity contribution in [2.24, 2.45) is 0 Å². The van der Waals surface area contributed by atoms with E-state index in [-0.39, 0.29) is 17.9 Å². The summed E-state index contributed by atoms with van der Waals surface area (Å²) in [7, 11) is 0. The van der Waals surface area contributed by atoms with Gasteiger partial charge in [-0.15, -0.1) is 0 Å². The van der Waals surface area contributed by atoms with Crippen molar-refractivity contribution in [2.75, 3.05) is 23.8 Å². The van der Waals surface area contributed by atoms with E-state index in [0.29, 0.717) is 17.2 Å². The standard InChI is InChI=1S/C12H19ClN4O/c1-8-10(14)11(16-12(13)15-8)17-6-3-2-4-9(17)5-7-18/h9,18H,2-7,14H2,1H3. The van der Waals surface area contributed by atoms with Crippen LogP contribution < -0.4 is 10.6 Å². The summed E-state index contributed by atoms with van der Waals surface area (Å²) in [5, 5.41) is 9.37. The summed E-state index contributed by atoms with van der Waals surface area (Å²) >= 11 is 5.91. The average Bonchev–Trinajstić information content (AvgIpc) is 2.35. The van der Waals surface area contributed by atoms with Gasteiger partial charge in [-0.2, -0.15) is 4.98 Å². The fraction of sp³-hybridized carbons (Fsp3) is 0.667. The number of aryl methyl sites for hydroxylation is 1. The summed E-state index contributed by atoms with van der Waals surface area (Å²) in [6.45, 7) is 2.91. The first kappa shape index (κ1) is 13.4. The first-order valence-corrected chi connectivity index (χ1v) is 6.68. The number of rotatable bonds is 3. The number of hydrogen-bond donors (Lipinski definition) is 2. The molecule has 1 aromatic heterocycles. The lowest BCUT2D eigenvalue weighted by atomic mass is 9.99. The van der Waals surface area contributed by atoms with Crippen LogP contribution in [0.2, 0.25) is 5.28 Å². The molecule has 1 atom stereocenters. The van der Waals surface area contributed by atoms with Gasteiger partial charge in [0.25, 0.3) is 0 Å². The van der Waals surface area contributed by atoms with E-state index < -0.39 is 0 Å². The monoisotopic (exact) mass is 270 g/mol. The molecule has 6 heteroatoms. The quantitative estimate of drug-likeness (QED) is 0.819. The van der Waals surface area contributed by atoms with Crippen LogP contribution in [0.4, 0.5) is 11.5 Å². The van der Waals surface area contributed by atoms with Crippen LogP contribution >= 0.6 is 11.6 Å². The van der Waals surface area contributed by atoms with Crippen LogP contribution in [-0.4, -0.2) is 34.3 Å². The third-order valence-corrected chi connectivity index (χ3v) is 3.62. The molecule has 100 valence electrons. The first-order chi connectivity index (χ1) is 8.63. The van der Waals surface area contributed by atoms with Crippen LogP contribution in [-0.2, 0) is 0 Å². The maximum absolute atomic E-state index is 9.14. The first-order valence-electron chi connectivity index (χ1n) is 6.30. The van der Waals surface area contributed by atoms with E-state index in [1.807, 2.05) is 6.92 Å². The Morgan fingerprint density at radius 2 is 2.22 bits per heavy atom. The van der Waals surface area contributed by atoms with Gasteiger partial charge in [0.15, 0.2) is 5.82 Å². The van der Waals surface area contributed by atoms with E-state index in [9.17, 15) is 0 Å². The van der Waals surface area contributed by atoms with Crippen molar-refractivity contribution in [1.82, 2.24) is 9.97 Å². The largest absolute Gasteiger partial charge is 0.396 e. The normalized spacial score (nSPS) is 20.2. The SMILES string of the molecule is Cc1nc(Cl)nc(N2CCCCC2CCO)c1N. The fourth-order valence-electron chi connectivity index (χ4n) is 2.48. The number of aliphatic hydroxyl groups excluding tert-OH is 1. The molecule has 0 spiro atoms. The smallest absolute Gasteiger partial charge is 0.224 e. The van der Waals surface area contributed by atoms with Crippen molar-refractivity contribution < 1.29 is 5.11 Å². The minimum absolute atomic E-state index is 0.179. The van der Waals surface area contributed by atoms with Crippen LogP contribution in [0.1, 0.15) is 31.4 Å². The maximum Gasteiger partial charge on any atom is 0.224 e. The molecule has 0 radical (unpaired) electrons. The van der Waals surface area contributed by atoms with E-state index in [0.717, 1.165) is 25.8 Å². The molecule has 1 saturated heterocycles. The second-order valence-electron chi connectivity index (χ2n) is 4.67. The molecule has 1 aliphatic rings. The highest BCUT2D eigenvalue weighted by atomic mass is 35.5. The predicted molar refractivity (Wildman–Crippen MR) is 72.9 cm³/mol. The minimum atomic E-state index is 0.179. The van der Waals surface area contributed by atoms with Crippen molar-refractivity contribution in [3.05, 3.63) is 11.0 Å². The summed E-state index contributed by atoms with van der Waals surface area (Å²) in [6, 6.07) is 0.288. The molecule has 2 rings (SSSR count). The molecule has 1 fully saturated rings. The lowest BCUT2D eigenvalue weighted by Gasteiger charge is -2.37. The number of anilines is 2. The number of hydrogen-bond acceptors (Lipinski definition) is 5. The molecular weight excluding hydrogens is 252 g/mol. The van der Waals surface area contributed by atoms with E-state index in [1.54, 1.807) is 0 Å². The van der Waals surface area contributed by atoms with E-state index in [2.05, 4.69) is 14.9 Å². The van der Waals surface area contributed by atoms with Crippen LogP contribution in [0.25, 0.3) is 0 Å². The number of piperidine rings is 1. The number of nitrogens with two attached hydrogens (primary N) is 1. The lowest BCUT2D eigenvalue weighted by Crippen LogP contribution is -2.41. The van der Waals surface area contributed by atoms with Crippen LogP contribution in [0, 0.1) is 6.92 Å². The van der Waals surface area contributed by atoms with Gasteiger partial charge in [-0.3, -0.25) is 0 Å². The van der Waals surface area contributed by atoms with Crippen LogP contribution in [0.3, 0.4) is 0 Å². The Labute approximate surface area is 112 Å². The minimum Gasteiger partial charge on any atom is -0.396 e. The number of halogens is 1. The Kier molecular flexibility index (Phi) is 4.24. The van der Waals surface area contributed by atoms with Crippen molar-refractivity contribution in [3.8, 4) is 0 Å². The summed E-state index contributed by atoms with van der Waals surface area (Å²) < 4.78 is 0. The molecule has 0 aliphatic carbocycles. The zero-order chi connectivity index (χ0) is 13.1. The molecule has 1 aromatic rings. The third kappa shape index (κ3) is 2.67. The Morgan fingerprint density at radius 3 is 2.94 bits per heavy atom. The third-order valence-electron chi connectivity index (χ3n) is 3.45. The molecule has 3 N–H and O–H groups in total. The van der Waals surface area contributed by atoms with Gasteiger partial charge >= 0.3 is 0 Å². The number of aromatic nitrogens is 2. The number of aliphatic hydroxyl groups is 1. The van der Waals surface area contributed by atoms with E-state index >= 15 is 0 Å². The Bertz CT molecular complexity index is 425. The zero-order valence-corrected chi connectivity index (χ0v) is 11.3. The van der Waals surface area contributed by atoms with Gasteiger partial charge in [-0.25, -0.2) is 4.98 Å². The van der Waals surface area contributed by atoms with Gasteiger partial charge in [0, 0.05) is 19.2 Å². The van der Waals surface area contributed by atoms with Gasteiger partial charge in [0.05, 0.1) is 11.4 Å². The van der Waals surface area contributed by atoms with Crippen molar-refractivity contribution in [2.45, 2.75) is 38.6 Å². The van der Waals surface area contributed by atoms with Gasteiger partial charge < -0.3 is 15.7 Å². The van der Waals surface area contributed by atoms with Gasteiger partial charge in [-0.05, 0) is 44.2 Å². The summed E-state index contributed by atoms with van der Waals surface area (Å²) in [5.41, 5.74) is 7.35. The van der Waals surface area contributed by atoms with Gasteiger partial charge in [0.2, 0.25) is 5.28 Å². The highest BCUT2D eigenvalue weighted by Gasteiger charge is 2.25. The molecule has 18 heavy (non-hydrogen) atoms. The van der Waals surface area contributed by atoms with Crippen molar-refractivity contribution >= 4 is 23.1 Å². The molecular formula is C12H19ClN4O. The Hall–Kier alpha value is -1.07. The molecule has 0 bridgehead atoms. The Morgan fingerprint density at radius 1 is 1.44 bits per heavy atom. The van der Waals surface area contributed by atoms with Crippen LogP contribution in [0.5, 0.6) is 0 Å². The Balaban J connectivity index is 2.33. The molecule has 0 amide bonds. The molecule has 0 saturated carbocycles. The lowest BCUT2D eigenvalue weighted by molar-refractivity contribution is 0.262. The summed E-state index contributed by atoms with van der Waals surface area (Å²) in [5.74, 6) is 0.714. The highest BCUT2D eigenvalue weighted by molar-refractivity contribution is 6.28. The average molecular weight is 271 g/mol. The number of nitrogen functional groups attached to an aromatic ring is 1. The highest BCUT2D eigenvalue weighted by Crippen LogP contribution is 2.31. The van der Waals surface area contributed by atoms with E-state index in [1.165, 1.54) is 6.42 Å². The van der Waals surface area contributed by atoms with E-state index in [4.69, 9.17) is 22.4 Å². The predicted octanol–water partition coefficient (Wildman–Crippen LogP) is 1.76. The van der Waals surface area contributed by atoms with Crippen molar-refractivity contribution in [1.29, 1.82) is 0 Å². The second-order valence-corrected chi connectivity index (χ2v) is 5.01. The molecule has 2 heterocycles. The maximum atomic E-state index is 9.14. The molecule has 0 aromatic carbocycles. The van der Waals surface area contributed by atoms with Crippen molar-refractivity contribution in [3.63, 3.8) is 0 Å². The topological polar surface area (TPSA) is 75.3 Å². The molecule has 1 unspecified atom stereocenters. The second kappa shape index (κ2) is 5.71. The summed E-state index contributed by atoms with van der Waals surface area (Å²) in [6.07, 6.45) is 4.09. The number of nitrogens with zero attached hydrogens (tertiary/aromatic N) is 3. The van der Waals surface area contributed by atoms with Gasteiger partial charge in [0.1, 0.15) is 0 Å². The zero-order valence-electron chi connectivity index (χ0n) is 10.6. The molecule has 1 aliphatic heterocycles. The van der Waals surface area contributed by atoms with Crippen LogP contribution in [0.15, 0.2) is 0 Å². The molecule has 5 nitrogen and oxygen atoms in total.